The molecule has 2 aromatic heterocycles. The lowest BCUT2D eigenvalue weighted by atomic mass is 9.93. The van der Waals surface area contributed by atoms with Crippen LogP contribution < -0.4 is 10.2 Å². The molecule has 0 aliphatic heterocycles. The first-order valence-corrected chi connectivity index (χ1v) is 11.2. The predicted molar refractivity (Wildman–Crippen MR) is 130 cm³/mol. The number of non-ortho nitro benzene ring substituents is 1. The Kier molecular flexibility index (Phi) is 5.99. The molecule has 0 bridgehead atoms. The molecule has 36 heavy (non-hydrogen) atoms. The van der Waals surface area contributed by atoms with Crippen molar-refractivity contribution in [2.75, 3.05) is 0 Å². The van der Waals surface area contributed by atoms with E-state index in [1.807, 2.05) is 12.1 Å². The second-order valence-electron chi connectivity index (χ2n) is 8.24. The van der Waals surface area contributed by atoms with E-state index in [2.05, 4.69) is 15.5 Å². The highest BCUT2D eigenvalue weighted by atomic mass is 16.6. The Hall–Kier alpha value is -4.86. The van der Waals surface area contributed by atoms with Gasteiger partial charge in [0.15, 0.2) is 5.75 Å². The van der Waals surface area contributed by atoms with Gasteiger partial charge in [0.25, 0.3) is 11.6 Å². The summed E-state index contributed by atoms with van der Waals surface area (Å²) >= 11 is 0. The minimum absolute atomic E-state index is 0.0625. The molecule has 2 heterocycles. The van der Waals surface area contributed by atoms with Gasteiger partial charge < -0.3 is 9.15 Å². The Morgan fingerprint density at radius 1 is 1.14 bits per heavy atom. The van der Waals surface area contributed by atoms with Crippen molar-refractivity contribution in [1.29, 1.82) is 0 Å². The first-order chi connectivity index (χ1) is 17.4. The number of fused-ring (bicyclic) bond motifs is 2. The van der Waals surface area contributed by atoms with E-state index in [1.165, 1.54) is 24.3 Å². The lowest BCUT2D eigenvalue weighted by molar-refractivity contribution is -0.384. The molecule has 1 aliphatic carbocycles. The average molecular weight is 484 g/mol. The van der Waals surface area contributed by atoms with E-state index in [4.69, 9.17) is 9.15 Å². The zero-order chi connectivity index (χ0) is 25.2. The number of nitro benzene ring substituents is 1. The van der Waals surface area contributed by atoms with Gasteiger partial charge in [-0.15, -0.1) is 0 Å². The van der Waals surface area contributed by atoms with E-state index >= 15 is 0 Å². The summed E-state index contributed by atoms with van der Waals surface area (Å²) in [6.07, 6.45) is 3.51. The topological polar surface area (TPSA) is 137 Å². The summed E-state index contributed by atoms with van der Waals surface area (Å²) in [5.74, 6) is -0.259. The quantitative estimate of drug-likeness (QED) is 0.187. The summed E-state index contributed by atoms with van der Waals surface area (Å²) in [5, 5.41) is 16.1. The third-order valence-electron chi connectivity index (χ3n) is 5.92. The van der Waals surface area contributed by atoms with Gasteiger partial charge in [-0.2, -0.15) is 5.10 Å². The van der Waals surface area contributed by atoms with Crippen molar-refractivity contribution in [1.82, 2.24) is 10.4 Å². The lowest BCUT2D eigenvalue weighted by Gasteiger charge is -2.13. The van der Waals surface area contributed by atoms with E-state index in [0.29, 0.717) is 53.1 Å². The number of pyridine rings is 1. The number of aromatic nitrogens is 1. The molecule has 2 aromatic carbocycles. The molecule has 0 spiro atoms. The molecular formula is C26H20N4O6. The Labute approximate surface area is 204 Å². The van der Waals surface area contributed by atoms with Gasteiger partial charge in [0.1, 0.15) is 11.3 Å². The van der Waals surface area contributed by atoms with Crippen LogP contribution in [0.4, 0.5) is 5.69 Å². The summed E-state index contributed by atoms with van der Waals surface area (Å²) in [6, 6.07) is 14.4. The number of para-hydroxylation sites is 1. The minimum Gasteiger partial charge on any atom is -0.453 e. The van der Waals surface area contributed by atoms with Crippen LogP contribution in [0, 0.1) is 17.0 Å². The Balaban J connectivity index is 1.40. The molecule has 180 valence electrons. The fourth-order valence-electron chi connectivity index (χ4n) is 4.22. The number of aryl methyl sites for hydroxylation is 1. The van der Waals surface area contributed by atoms with Crippen molar-refractivity contribution in [3.8, 4) is 5.75 Å². The molecule has 5 rings (SSSR count). The standard InChI is InChI=1S/C26H20N4O6/c1-15-22-19(28-29-25(31)17-7-2-9-18(14-17)30(33)34)10-4-11-20(22)35-24(15)26(32)36-21-12-3-6-16-8-5-13-27-23(16)21/h2-3,5-9,12-14H,4,10-11H2,1H3,(H,29,31)/b28-19+. The van der Waals surface area contributed by atoms with Crippen LogP contribution in [-0.2, 0) is 6.42 Å². The van der Waals surface area contributed by atoms with E-state index in [9.17, 15) is 19.7 Å². The number of carbonyl (C=O) groups excluding carboxylic acids is 2. The Morgan fingerprint density at radius 2 is 1.94 bits per heavy atom. The number of ether oxygens (including phenoxy) is 1. The van der Waals surface area contributed by atoms with Gasteiger partial charge in [-0.3, -0.25) is 19.9 Å². The molecule has 0 atom stereocenters. The van der Waals surface area contributed by atoms with Crippen LogP contribution in [0.25, 0.3) is 10.9 Å². The second-order valence-corrected chi connectivity index (χ2v) is 8.24. The van der Waals surface area contributed by atoms with Crippen LogP contribution in [-0.4, -0.2) is 27.5 Å². The van der Waals surface area contributed by atoms with Gasteiger partial charge in [-0.1, -0.05) is 24.3 Å². The first-order valence-electron chi connectivity index (χ1n) is 11.2. The fourth-order valence-corrected chi connectivity index (χ4v) is 4.22. The van der Waals surface area contributed by atoms with Crippen LogP contribution in [0.1, 0.15) is 50.6 Å². The number of esters is 1. The third-order valence-corrected chi connectivity index (χ3v) is 5.92. The Bertz CT molecular complexity index is 1550. The summed E-state index contributed by atoms with van der Waals surface area (Å²) in [5.41, 5.74) is 4.72. The maximum Gasteiger partial charge on any atom is 0.380 e. The van der Waals surface area contributed by atoms with Gasteiger partial charge in [0.2, 0.25) is 5.76 Å². The molecule has 10 heteroatoms. The molecule has 1 N–H and O–H groups in total. The molecule has 0 radical (unpaired) electrons. The van der Waals surface area contributed by atoms with Gasteiger partial charge in [0, 0.05) is 46.8 Å². The monoisotopic (exact) mass is 484 g/mol. The summed E-state index contributed by atoms with van der Waals surface area (Å²) in [4.78, 5) is 40.3. The third kappa shape index (κ3) is 4.31. The maximum absolute atomic E-state index is 13.0. The molecule has 0 saturated carbocycles. The SMILES string of the molecule is Cc1c(C(=O)Oc2cccc3cccnc23)oc2c1/C(=N/NC(=O)c1cccc([N+](=O)[O-])c1)CCC2. The molecule has 4 aromatic rings. The number of furan rings is 1. The van der Waals surface area contributed by atoms with Crippen LogP contribution in [0.15, 0.2) is 70.3 Å². The number of carbonyl (C=O) groups is 2. The lowest BCUT2D eigenvalue weighted by Crippen LogP contribution is -2.22. The number of nitro groups is 1. The van der Waals surface area contributed by atoms with Crippen LogP contribution >= 0.6 is 0 Å². The van der Waals surface area contributed by atoms with Crippen molar-refractivity contribution >= 4 is 34.2 Å². The number of amides is 1. The van der Waals surface area contributed by atoms with E-state index < -0.39 is 16.8 Å². The number of hydrogen-bond acceptors (Lipinski definition) is 8. The largest absolute Gasteiger partial charge is 0.453 e. The highest BCUT2D eigenvalue weighted by molar-refractivity contribution is 6.07. The van der Waals surface area contributed by atoms with Crippen molar-refractivity contribution in [3.63, 3.8) is 0 Å². The second kappa shape index (κ2) is 9.41. The summed E-state index contributed by atoms with van der Waals surface area (Å²) < 4.78 is 11.5. The fraction of sp³-hybridized carbons (Fsp3) is 0.154. The van der Waals surface area contributed by atoms with Crippen LogP contribution in [0.5, 0.6) is 5.75 Å². The smallest absolute Gasteiger partial charge is 0.380 e. The van der Waals surface area contributed by atoms with Crippen molar-refractivity contribution in [2.24, 2.45) is 5.10 Å². The van der Waals surface area contributed by atoms with E-state index in [0.717, 1.165) is 5.39 Å². The van der Waals surface area contributed by atoms with Crippen molar-refractivity contribution < 1.29 is 23.7 Å². The van der Waals surface area contributed by atoms with Crippen LogP contribution in [0.2, 0.25) is 0 Å². The van der Waals surface area contributed by atoms with Crippen molar-refractivity contribution in [2.45, 2.75) is 26.2 Å². The number of benzene rings is 2. The zero-order valence-corrected chi connectivity index (χ0v) is 19.2. The van der Waals surface area contributed by atoms with E-state index in [1.54, 1.807) is 31.3 Å². The van der Waals surface area contributed by atoms with Gasteiger partial charge in [-0.25, -0.2) is 10.2 Å². The number of nitrogens with zero attached hydrogens (tertiary/aromatic N) is 3. The normalized spacial score (nSPS) is 13.9. The average Bonchev–Trinajstić information content (AvgIpc) is 3.24. The number of nitrogens with one attached hydrogen (secondary N) is 1. The van der Waals surface area contributed by atoms with E-state index in [-0.39, 0.29) is 17.0 Å². The Morgan fingerprint density at radius 3 is 2.78 bits per heavy atom. The molecule has 10 nitrogen and oxygen atoms in total. The number of hydrogen-bond donors (Lipinski definition) is 1. The van der Waals surface area contributed by atoms with Gasteiger partial charge in [0.05, 0.1) is 10.6 Å². The van der Waals surface area contributed by atoms with Crippen molar-refractivity contribution in [3.05, 3.63) is 99.1 Å². The molecule has 0 saturated heterocycles. The van der Waals surface area contributed by atoms with Gasteiger partial charge in [-0.05, 0) is 38.0 Å². The highest BCUT2D eigenvalue weighted by Gasteiger charge is 2.29. The summed E-state index contributed by atoms with van der Waals surface area (Å²) in [7, 11) is 0. The highest BCUT2D eigenvalue weighted by Crippen LogP contribution is 2.31. The minimum atomic E-state index is -0.653. The zero-order valence-electron chi connectivity index (χ0n) is 19.2. The molecule has 1 aliphatic rings. The number of hydrazone groups is 1. The molecular weight excluding hydrogens is 464 g/mol. The van der Waals surface area contributed by atoms with Crippen LogP contribution in [0.3, 0.4) is 0 Å². The molecule has 0 unspecified atom stereocenters. The first kappa shape index (κ1) is 22.9. The number of rotatable bonds is 5. The maximum atomic E-state index is 13.0. The predicted octanol–water partition coefficient (Wildman–Crippen LogP) is 4.73. The summed E-state index contributed by atoms with van der Waals surface area (Å²) in [6.45, 7) is 1.74. The molecule has 0 fully saturated rings. The molecule has 1 amide bonds. The van der Waals surface area contributed by atoms with Gasteiger partial charge >= 0.3 is 5.97 Å².